The Morgan fingerprint density at radius 1 is 1.64 bits per heavy atom. The average molecular weight is 197 g/mol. The van der Waals surface area contributed by atoms with Crippen LogP contribution in [0.5, 0.6) is 0 Å². The highest BCUT2D eigenvalue weighted by Gasteiger charge is 2.15. The van der Waals surface area contributed by atoms with E-state index in [1.54, 1.807) is 13.0 Å². The number of nitriles is 1. The molecule has 0 atom stereocenters. The third kappa shape index (κ3) is 1.96. The van der Waals surface area contributed by atoms with E-state index in [2.05, 4.69) is 4.98 Å². The standard InChI is InChI=1S/C9H9F2N3/c1-5-4-6(8(10)11)7(2-3-12)14-9(5)13/h4,8H,2H2,1H3,(H2,13,14). The number of hydrogen-bond donors (Lipinski definition) is 1. The van der Waals surface area contributed by atoms with Crippen LogP contribution in [-0.4, -0.2) is 4.98 Å². The van der Waals surface area contributed by atoms with Gasteiger partial charge >= 0.3 is 0 Å². The van der Waals surface area contributed by atoms with Crippen molar-refractivity contribution in [3.8, 4) is 6.07 Å². The predicted molar refractivity (Wildman–Crippen MR) is 47.7 cm³/mol. The SMILES string of the molecule is Cc1cc(C(F)F)c(CC#N)nc1N. The number of nitrogens with two attached hydrogens (primary N) is 1. The highest BCUT2D eigenvalue weighted by molar-refractivity contribution is 5.43. The Kier molecular flexibility index (Phi) is 2.97. The monoisotopic (exact) mass is 197 g/mol. The number of alkyl halides is 2. The lowest BCUT2D eigenvalue weighted by atomic mass is 10.1. The topological polar surface area (TPSA) is 62.7 Å². The molecule has 1 aromatic rings. The molecule has 5 heteroatoms. The van der Waals surface area contributed by atoms with E-state index in [0.717, 1.165) is 0 Å². The van der Waals surface area contributed by atoms with Crippen molar-refractivity contribution in [3.05, 3.63) is 22.9 Å². The van der Waals surface area contributed by atoms with Crippen LogP contribution in [0, 0.1) is 18.3 Å². The molecule has 1 aromatic heterocycles. The first-order valence-corrected chi connectivity index (χ1v) is 3.97. The van der Waals surface area contributed by atoms with Gasteiger partial charge in [0, 0.05) is 5.56 Å². The van der Waals surface area contributed by atoms with Gasteiger partial charge < -0.3 is 5.73 Å². The van der Waals surface area contributed by atoms with Crippen LogP contribution in [0.4, 0.5) is 14.6 Å². The summed E-state index contributed by atoms with van der Waals surface area (Å²) in [7, 11) is 0. The molecule has 2 N–H and O–H groups in total. The first-order valence-electron chi connectivity index (χ1n) is 3.97. The van der Waals surface area contributed by atoms with Crippen molar-refractivity contribution >= 4 is 5.82 Å². The fourth-order valence-electron chi connectivity index (χ4n) is 1.09. The van der Waals surface area contributed by atoms with E-state index in [-0.39, 0.29) is 23.5 Å². The molecule has 0 saturated heterocycles. The number of aryl methyl sites for hydroxylation is 1. The number of nitrogens with zero attached hydrogens (tertiary/aromatic N) is 2. The fraction of sp³-hybridized carbons (Fsp3) is 0.333. The summed E-state index contributed by atoms with van der Waals surface area (Å²) in [6, 6.07) is 3.05. The zero-order valence-corrected chi connectivity index (χ0v) is 7.59. The number of pyridine rings is 1. The van der Waals surface area contributed by atoms with E-state index in [1.165, 1.54) is 6.07 Å². The summed E-state index contributed by atoms with van der Waals surface area (Å²) >= 11 is 0. The molecule has 1 rings (SSSR count). The van der Waals surface area contributed by atoms with Gasteiger partial charge in [0.05, 0.1) is 18.2 Å². The molecule has 0 aliphatic heterocycles. The molecule has 3 nitrogen and oxygen atoms in total. The quantitative estimate of drug-likeness (QED) is 0.788. The molecule has 0 aliphatic rings. The van der Waals surface area contributed by atoms with Crippen LogP contribution in [0.15, 0.2) is 6.07 Å². The molecular weight excluding hydrogens is 188 g/mol. The third-order valence-electron chi connectivity index (χ3n) is 1.85. The second-order valence-electron chi connectivity index (χ2n) is 2.86. The Morgan fingerprint density at radius 3 is 2.79 bits per heavy atom. The number of rotatable bonds is 2. The summed E-state index contributed by atoms with van der Waals surface area (Å²) < 4.78 is 24.9. The van der Waals surface area contributed by atoms with Crippen molar-refractivity contribution in [3.63, 3.8) is 0 Å². The molecule has 74 valence electrons. The molecule has 0 aromatic carbocycles. The zero-order valence-electron chi connectivity index (χ0n) is 7.59. The molecule has 14 heavy (non-hydrogen) atoms. The van der Waals surface area contributed by atoms with E-state index in [1.807, 2.05) is 0 Å². The Morgan fingerprint density at radius 2 is 2.29 bits per heavy atom. The Balaban J connectivity index is 3.25. The average Bonchev–Trinajstić information content (AvgIpc) is 2.11. The van der Waals surface area contributed by atoms with E-state index in [4.69, 9.17) is 11.0 Å². The van der Waals surface area contributed by atoms with E-state index in [9.17, 15) is 8.78 Å². The molecule has 0 fully saturated rings. The fourth-order valence-corrected chi connectivity index (χ4v) is 1.09. The highest BCUT2D eigenvalue weighted by atomic mass is 19.3. The van der Waals surface area contributed by atoms with Crippen molar-refractivity contribution in [2.24, 2.45) is 0 Å². The maximum atomic E-state index is 12.5. The number of anilines is 1. The molecule has 0 bridgehead atoms. The molecule has 0 saturated carbocycles. The Labute approximate surface area is 80.2 Å². The minimum Gasteiger partial charge on any atom is -0.383 e. The summed E-state index contributed by atoms with van der Waals surface area (Å²) in [4.78, 5) is 3.76. The zero-order chi connectivity index (χ0) is 10.7. The van der Waals surface area contributed by atoms with Crippen molar-refractivity contribution in [1.82, 2.24) is 4.98 Å². The predicted octanol–water partition coefficient (Wildman–Crippen LogP) is 1.98. The summed E-state index contributed by atoms with van der Waals surface area (Å²) in [5.41, 5.74) is 5.81. The number of halogens is 2. The van der Waals surface area contributed by atoms with Crippen LogP contribution < -0.4 is 5.73 Å². The van der Waals surface area contributed by atoms with Gasteiger partial charge in [0.1, 0.15) is 5.82 Å². The van der Waals surface area contributed by atoms with Crippen molar-refractivity contribution < 1.29 is 8.78 Å². The lowest BCUT2D eigenvalue weighted by Gasteiger charge is -2.08. The Hall–Kier alpha value is -1.70. The van der Waals surface area contributed by atoms with Crippen LogP contribution in [0.2, 0.25) is 0 Å². The van der Waals surface area contributed by atoms with Crippen LogP contribution in [-0.2, 0) is 6.42 Å². The molecule has 0 aliphatic carbocycles. The first kappa shape index (κ1) is 10.4. The van der Waals surface area contributed by atoms with Gasteiger partial charge in [-0.25, -0.2) is 13.8 Å². The van der Waals surface area contributed by atoms with Crippen LogP contribution >= 0.6 is 0 Å². The van der Waals surface area contributed by atoms with Crippen LogP contribution in [0.25, 0.3) is 0 Å². The van der Waals surface area contributed by atoms with Crippen molar-refractivity contribution in [2.75, 3.05) is 5.73 Å². The summed E-state index contributed by atoms with van der Waals surface area (Å²) in [6.45, 7) is 1.60. The highest BCUT2D eigenvalue weighted by Crippen LogP contribution is 2.25. The van der Waals surface area contributed by atoms with Gasteiger partial charge in [0.25, 0.3) is 6.43 Å². The minimum atomic E-state index is -2.62. The lowest BCUT2D eigenvalue weighted by molar-refractivity contribution is 0.150. The van der Waals surface area contributed by atoms with Gasteiger partial charge in [-0.05, 0) is 18.6 Å². The van der Waals surface area contributed by atoms with E-state index < -0.39 is 6.43 Å². The van der Waals surface area contributed by atoms with Crippen LogP contribution in [0.3, 0.4) is 0 Å². The van der Waals surface area contributed by atoms with Gasteiger partial charge in [-0.3, -0.25) is 0 Å². The molecule has 0 radical (unpaired) electrons. The van der Waals surface area contributed by atoms with Gasteiger partial charge in [-0.15, -0.1) is 0 Å². The maximum Gasteiger partial charge on any atom is 0.265 e. The third-order valence-corrected chi connectivity index (χ3v) is 1.85. The smallest absolute Gasteiger partial charge is 0.265 e. The molecule has 0 amide bonds. The number of aromatic nitrogens is 1. The van der Waals surface area contributed by atoms with Gasteiger partial charge in [-0.2, -0.15) is 5.26 Å². The largest absolute Gasteiger partial charge is 0.383 e. The van der Waals surface area contributed by atoms with Crippen molar-refractivity contribution in [1.29, 1.82) is 5.26 Å². The number of hydrogen-bond acceptors (Lipinski definition) is 3. The maximum absolute atomic E-state index is 12.5. The molecule has 1 heterocycles. The van der Waals surface area contributed by atoms with Gasteiger partial charge in [0.2, 0.25) is 0 Å². The molecule has 0 unspecified atom stereocenters. The van der Waals surface area contributed by atoms with E-state index >= 15 is 0 Å². The van der Waals surface area contributed by atoms with Gasteiger partial charge in [0.15, 0.2) is 0 Å². The Bertz CT molecular complexity index is 382. The molecule has 0 spiro atoms. The summed E-state index contributed by atoms with van der Waals surface area (Å²) in [5, 5.41) is 8.41. The van der Waals surface area contributed by atoms with Crippen LogP contribution in [0.1, 0.15) is 23.2 Å². The van der Waals surface area contributed by atoms with Gasteiger partial charge in [-0.1, -0.05) is 0 Å². The summed E-state index contributed by atoms with van der Waals surface area (Å²) in [6.07, 6.45) is -2.77. The second-order valence-corrected chi connectivity index (χ2v) is 2.86. The summed E-state index contributed by atoms with van der Waals surface area (Å²) in [5.74, 6) is 0.194. The normalized spacial score (nSPS) is 10.2. The lowest BCUT2D eigenvalue weighted by Crippen LogP contribution is -2.03. The van der Waals surface area contributed by atoms with Crippen molar-refractivity contribution in [2.45, 2.75) is 19.8 Å². The minimum absolute atomic E-state index is 0.0607. The van der Waals surface area contributed by atoms with E-state index in [0.29, 0.717) is 5.56 Å². The first-order chi connectivity index (χ1) is 6.56. The number of nitrogen functional groups attached to an aromatic ring is 1. The second kappa shape index (κ2) is 4.01. The molecular formula is C9H9F2N3.